The van der Waals surface area contributed by atoms with Gasteiger partial charge in [0.15, 0.2) is 11.6 Å². The summed E-state index contributed by atoms with van der Waals surface area (Å²) < 4.78 is 59.0. The van der Waals surface area contributed by atoms with Crippen molar-refractivity contribution >= 4 is 22.0 Å². The maximum atomic E-state index is 13.6. The van der Waals surface area contributed by atoms with Crippen LogP contribution in [0.4, 0.5) is 22.4 Å². The summed E-state index contributed by atoms with van der Waals surface area (Å²) in [6.07, 6.45) is -5.49. The van der Waals surface area contributed by atoms with Crippen molar-refractivity contribution in [3.05, 3.63) is 28.5 Å². The Morgan fingerprint density at radius 1 is 1.41 bits per heavy atom. The minimum Gasteiger partial charge on any atom is -0.488 e. The molecule has 2 rings (SSSR count). The number of benzene rings is 1. The van der Waals surface area contributed by atoms with E-state index in [4.69, 9.17) is 4.74 Å². The topological polar surface area (TPSA) is 38.8 Å². The molecule has 122 valence electrons. The van der Waals surface area contributed by atoms with Gasteiger partial charge in [0.2, 0.25) is 0 Å². The molecule has 0 radical (unpaired) electrons. The van der Waals surface area contributed by atoms with Crippen LogP contribution in [0.3, 0.4) is 0 Å². The van der Waals surface area contributed by atoms with Gasteiger partial charge in [0.25, 0.3) is 0 Å². The van der Waals surface area contributed by atoms with Crippen LogP contribution < -0.4 is 4.74 Å². The summed E-state index contributed by atoms with van der Waals surface area (Å²) in [5.74, 6) is -0.629. The van der Waals surface area contributed by atoms with E-state index in [0.29, 0.717) is 17.3 Å². The first-order chi connectivity index (χ1) is 10.3. The second-order valence-electron chi connectivity index (χ2n) is 4.69. The van der Waals surface area contributed by atoms with E-state index in [1.165, 1.54) is 12.1 Å². The minimum atomic E-state index is -5.02. The van der Waals surface area contributed by atoms with Crippen LogP contribution in [0.15, 0.2) is 22.7 Å². The van der Waals surface area contributed by atoms with Gasteiger partial charge in [-0.1, -0.05) is 15.9 Å². The highest BCUT2D eigenvalue weighted by molar-refractivity contribution is 9.10. The molecule has 1 aliphatic heterocycles. The number of carbonyl (C=O) groups excluding carboxylic acids is 1. The number of nitrogens with zero attached hydrogens (tertiary/aromatic N) is 1. The number of ether oxygens (including phenoxy) is 2. The van der Waals surface area contributed by atoms with Crippen molar-refractivity contribution in [3.8, 4) is 5.75 Å². The number of carbonyl (C=O) groups is 1. The Hall–Kier alpha value is -1.51. The zero-order valence-corrected chi connectivity index (χ0v) is 12.8. The smallest absolute Gasteiger partial charge is 0.488 e. The third-order valence-corrected chi connectivity index (χ3v) is 3.63. The maximum Gasteiger partial charge on any atom is 0.576 e. The molecule has 0 N–H and O–H groups in total. The monoisotopic (exact) mass is 385 g/mol. The molecule has 1 atom stereocenters. The van der Waals surface area contributed by atoms with Gasteiger partial charge < -0.3 is 14.4 Å². The van der Waals surface area contributed by atoms with E-state index >= 15 is 0 Å². The summed E-state index contributed by atoms with van der Waals surface area (Å²) in [7, 11) is 0. The van der Waals surface area contributed by atoms with Crippen molar-refractivity contribution in [1.29, 1.82) is 0 Å². The van der Waals surface area contributed by atoms with E-state index in [0.717, 1.165) is 4.90 Å². The Balaban J connectivity index is 1.95. The van der Waals surface area contributed by atoms with E-state index in [1.807, 2.05) is 0 Å². The van der Waals surface area contributed by atoms with Crippen molar-refractivity contribution in [3.63, 3.8) is 0 Å². The summed E-state index contributed by atoms with van der Waals surface area (Å²) in [6.45, 7) is 0.0390. The van der Waals surface area contributed by atoms with Crippen molar-refractivity contribution in [2.75, 3.05) is 13.2 Å². The third kappa shape index (κ3) is 4.49. The van der Waals surface area contributed by atoms with Gasteiger partial charge in [-0.15, -0.1) is 13.2 Å². The van der Waals surface area contributed by atoms with Crippen LogP contribution in [0.5, 0.6) is 5.75 Å². The first-order valence-corrected chi connectivity index (χ1v) is 7.20. The average molecular weight is 386 g/mol. The third-order valence-electron chi connectivity index (χ3n) is 3.14. The van der Waals surface area contributed by atoms with Crippen LogP contribution in [0.25, 0.3) is 0 Å². The first-order valence-electron chi connectivity index (χ1n) is 6.40. The van der Waals surface area contributed by atoms with E-state index in [1.54, 1.807) is 6.07 Å². The molecule has 1 fully saturated rings. The zero-order chi connectivity index (χ0) is 16.3. The molecule has 1 saturated heterocycles. The zero-order valence-electron chi connectivity index (χ0n) is 11.2. The van der Waals surface area contributed by atoms with Gasteiger partial charge in [0, 0.05) is 11.0 Å². The highest BCUT2D eigenvalue weighted by Gasteiger charge is 2.39. The van der Waals surface area contributed by atoms with E-state index in [-0.39, 0.29) is 18.9 Å². The van der Waals surface area contributed by atoms with E-state index in [2.05, 4.69) is 20.7 Å². The van der Waals surface area contributed by atoms with Crippen LogP contribution in [-0.4, -0.2) is 36.5 Å². The fourth-order valence-corrected chi connectivity index (χ4v) is 2.52. The summed E-state index contributed by atoms with van der Waals surface area (Å²) in [6, 6.07) is 3.59. The van der Waals surface area contributed by atoms with Gasteiger partial charge in [-0.05, 0) is 31.0 Å². The Kier molecular flexibility index (Phi) is 5.15. The SMILES string of the molecule is O=C(OC(F)(F)F)N1CCC[C@H]1COc1ccc(Br)cc1F. The Bertz CT molecular complexity index is 553. The average Bonchev–Trinajstić information content (AvgIpc) is 2.84. The van der Waals surface area contributed by atoms with E-state index < -0.39 is 24.3 Å². The Labute approximate surface area is 132 Å². The van der Waals surface area contributed by atoms with Crippen molar-refractivity contribution < 1.29 is 31.8 Å². The van der Waals surface area contributed by atoms with Crippen LogP contribution >= 0.6 is 15.9 Å². The molecule has 0 bridgehead atoms. The first kappa shape index (κ1) is 16.9. The predicted molar refractivity (Wildman–Crippen MR) is 71.9 cm³/mol. The normalized spacial score (nSPS) is 18.4. The molecule has 1 aliphatic rings. The van der Waals surface area contributed by atoms with Crippen LogP contribution in [-0.2, 0) is 4.74 Å². The lowest BCUT2D eigenvalue weighted by Crippen LogP contribution is -2.41. The van der Waals surface area contributed by atoms with Crippen molar-refractivity contribution in [2.24, 2.45) is 0 Å². The molecule has 22 heavy (non-hydrogen) atoms. The number of alkyl halides is 3. The largest absolute Gasteiger partial charge is 0.576 e. The molecular formula is C13H12BrF4NO3. The highest BCUT2D eigenvalue weighted by Crippen LogP contribution is 2.26. The molecule has 9 heteroatoms. The molecule has 0 aliphatic carbocycles. The summed E-state index contributed by atoms with van der Waals surface area (Å²) in [4.78, 5) is 12.4. The molecule has 1 aromatic carbocycles. The van der Waals surface area contributed by atoms with Gasteiger partial charge in [0.1, 0.15) is 6.61 Å². The van der Waals surface area contributed by atoms with Crippen LogP contribution in [0.2, 0.25) is 0 Å². The highest BCUT2D eigenvalue weighted by atomic mass is 79.9. The molecular weight excluding hydrogens is 374 g/mol. The van der Waals surface area contributed by atoms with Gasteiger partial charge in [0.05, 0.1) is 6.04 Å². The second kappa shape index (κ2) is 6.72. The van der Waals surface area contributed by atoms with Crippen LogP contribution in [0.1, 0.15) is 12.8 Å². The maximum absolute atomic E-state index is 13.6. The van der Waals surface area contributed by atoms with Crippen molar-refractivity contribution in [1.82, 2.24) is 4.90 Å². The summed E-state index contributed by atoms with van der Waals surface area (Å²) in [5, 5.41) is 0. The molecule has 1 heterocycles. The second-order valence-corrected chi connectivity index (χ2v) is 5.60. The number of likely N-dealkylation sites (tertiary alicyclic amines) is 1. The van der Waals surface area contributed by atoms with E-state index in [9.17, 15) is 22.4 Å². The molecule has 1 amide bonds. The number of hydrogen-bond donors (Lipinski definition) is 0. The van der Waals surface area contributed by atoms with Gasteiger partial charge in [-0.25, -0.2) is 9.18 Å². The number of rotatable bonds is 3. The predicted octanol–water partition coefficient (Wildman–Crippen LogP) is 4.09. The molecule has 4 nitrogen and oxygen atoms in total. The molecule has 0 unspecified atom stereocenters. The lowest BCUT2D eigenvalue weighted by molar-refractivity contribution is -0.295. The summed E-state index contributed by atoms with van der Waals surface area (Å²) >= 11 is 3.10. The van der Waals surface area contributed by atoms with Gasteiger partial charge >= 0.3 is 12.5 Å². The number of hydrogen-bond acceptors (Lipinski definition) is 3. The Morgan fingerprint density at radius 2 is 2.14 bits per heavy atom. The quantitative estimate of drug-likeness (QED) is 0.735. The van der Waals surface area contributed by atoms with Gasteiger partial charge in [-0.3, -0.25) is 0 Å². The lowest BCUT2D eigenvalue weighted by atomic mass is 10.2. The number of amides is 1. The standard InChI is InChI=1S/C13H12BrF4NO3/c14-8-3-4-11(10(15)6-8)21-7-9-2-1-5-19(9)12(20)22-13(16,17)18/h3-4,6,9H,1-2,5,7H2/t9-/m0/s1. The number of halogens is 5. The van der Waals surface area contributed by atoms with Crippen LogP contribution in [0, 0.1) is 5.82 Å². The Morgan fingerprint density at radius 3 is 2.77 bits per heavy atom. The molecule has 1 aromatic rings. The molecule has 0 aromatic heterocycles. The summed E-state index contributed by atoms with van der Waals surface area (Å²) in [5.41, 5.74) is 0. The fraction of sp³-hybridized carbons (Fsp3) is 0.462. The minimum absolute atomic E-state index is 0.0285. The van der Waals surface area contributed by atoms with Crippen molar-refractivity contribution in [2.45, 2.75) is 25.2 Å². The fourth-order valence-electron chi connectivity index (χ4n) is 2.19. The molecule has 0 saturated carbocycles. The van der Waals surface area contributed by atoms with Gasteiger partial charge in [-0.2, -0.15) is 0 Å². The lowest BCUT2D eigenvalue weighted by Gasteiger charge is -2.24. The molecule has 0 spiro atoms.